The lowest BCUT2D eigenvalue weighted by molar-refractivity contribution is -0.128. The van der Waals surface area contributed by atoms with Crippen LogP contribution < -0.4 is 0 Å². The summed E-state index contributed by atoms with van der Waals surface area (Å²) in [6.07, 6.45) is 11.7. The summed E-state index contributed by atoms with van der Waals surface area (Å²) in [5.74, 6) is 1.19. The molecule has 0 bridgehead atoms. The van der Waals surface area contributed by atoms with E-state index in [1.807, 2.05) is 4.90 Å². The molecule has 0 saturated carbocycles. The lowest BCUT2D eigenvalue weighted by Crippen LogP contribution is -2.43. The van der Waals surface area contributed by atoms with Crippen molar-refractivity contribution >= 4 is 5.91 Å². The highest BCUT2D eigenvalue weighted by atomic mass is 16.5. The second kappa shape index (κ2) is 7.14. The van der Waals surface area contributed by atoms with E-state index >= 15 is 0 Å². The van der Waals surface area contributed by atoms with Gasteiger partial charge in [-0.15, -0.1) is 0 Å². The number of carbonyl (C=O) groups is 1. The van der Waals surface area contributed by atoms with Crippen LogP contribution >= 0.6 is 0 Å². The van der Waals surface area contributed by atoms with Crippen molar-refractivity contribution < 1.29 is 9.53 Å². The molecule has 1 atom stereocenters. The molecule has 1 amide bonds. The van der Waals surface area contributed by atoms with Crippen LogP contribution in [-0.2, 0) is 9.53 Å². The van der Waals surface area contributed by atoms with Crippen LogP contribution in [0.1, 0.15) is 38.5 Å². The molecule has 2 saturated heterocycles. The van der Waals surface area contributed by atoms with Crippen LogP contribution in [0, 0.1) is 11.3 Å². The Labute approximate surface area is 134 Å². The van der Waals surface area contributed by atoms with Crippen molar-refractivity contribution in [1.82, 2.24) is 9.80 Å². The Bertz CT molecular complexity index is 413. The number of rotatable bonds is 5. The van der Waals surface area contributed by atoms with E-state index in [0.29, 0.717) is 12.5 Å². The molecule has 0 unspecified atom stereocenters. The fraction of sp³-hybridized carbons (Fsp3) is 0.833. The maximum absolute atomic E-state index is 12.2. The number of amides is 1. The van der Waals surface area contributed by atoms with Crippen LogP contribution in [0.3, 0.4) is 0 Å². The zero-order valence-corrected chi connectivity index (χ0v) is 13.9. The summed E-state index contributed by atoms with van der Waals surface area (Å²) >= 11 is 0. The molecular weight excluding hydrogens is 276 g/mol. The second-order valence-electron chi connectivity index (χ2n) is 7.44. The molecule has 124 valence electrons. The van der Waals surface area contributed by atoms with Crippen molar-refractivity contribution in [1.29, 1.82) is 0 Å². The van der Waals surface area contributed by atoms with Crippen molar-refractivity contribution in [3.8, 4) is 0 Å². The molecule has 1 aliphatic carbocycles. The van der Waals surface area contributed by atoms with E-state index in [-0.39, 0.29) is 5.41 Å². The van der Waals surface area contributed by atoms with Gasteiger partial charge in [0.25, 0.3) is 0 Å². The van der Waals surface area contributed by atoms with E-state index in [1.54, 1.807) is 7.11 Å². The fourth-order valence-electron chi connectivity index (χ4n) is 4.32. The third-order valence-electron chi connectivity index (χ3n) is 5.78. The van der Waals surface area contributed by atoms with Gasteiger partial charge in [-0.3, -0.25) is 4.79 Å². The van der Waals surface area contributed by atoms with Crippen LogP contribution in [0.25, 0.3) is 0 Å². The molecule has 3 aliphatic rings. The Morgan fingerprint density at radius 3 is 2.82 bits per heavy atom. The fourth-order valence-corrected chi connectivity index (χ4v) is 4.32. The zero-order valence-electron chi connectivity index (χ0n) is 13.9. The highest BCUT2D eigenvalue weighted by molar-refractivity contribution is 5.79. The number of methoxy groups -OCH3 is 1. The van der Waals surface area contributed by atoms with Gasteiger partial charge in [-0.05, 0) is 56.5 Å². The van der Waals surface area contributed by atoms with E-state index in [1.165, 1.54) is 51.7 Å². The first kappa shape index (κ1) is 16.0. The highest BCUT2D eigenvalue weighted by Crippen LogP contribution is 2.41. The Kier molecular flexibility index (Phi) is 5.19. The third kappa shape index (κ3) is 3.72. The van der Waals surface area contributed by atoms with Crippen molar-refractivity contribution in [2.45, 2.75) is 38.5 Å². The average molecular weight is 306 g/mol. The third-order valence-corrected chi connectivity index (χ3v) is 5.78. The van der Waals surface area contributed by atoms with Gasteiger partial charge in [0.05, 0.1) is 6.61 Å². The summed E-state index contributed by atoms with van der Waals surface area (Å²) in [4.78, 5) is 16.9. The van der Waals surface area contributed by atoms with Gasteiger partial charge >= 0.3 is 0 Å². The monoisotopic (exact) mass is 306 g/mol. The molecule has 0 aromatic rings. The SMILES string of the molecule is COCCN1CC2(CCN(C[C@@H]3CC=CCC3)CC2)CC1=O. The molecule has 1 spiro atoms. The van der Waals surface area contributed by atoms with Crippen molar-refractivity contribution in [3.63, 3.8) is 0 Å². The van der Waals surface area contributed by atoms with Gasteiger partial charge in [-0.25, -0.2) is 0 Å². The molecule has 3 rings (SSSR count). The maximum Gasteiger partial charge on any atom is 0.223 e. The van der Waals surface area contributed by atoms with Crippen LogP contribution in [0.15, 0.2) is 12.2 Å². The summed E-state index contributed by atoms with van der Waals surface area (Å²) in [7, 11) is 1.70. The summed E-state index contributed by atoms with van der Waals surface area (Å²) < 4.78 is 5.12. The van der Waals surface area contributed by atoms with Crippen molar-refractivity contribution in [2.75, 3.05) is 46.4 Å². The molecule has 2 heterocycles. The predicted molar refractivity (Wildman–Crippen MR) is 87.7 cm³/mol. The van der Waals surface area contributed by atoms with Crippen molar-refractivity contribution in [3.05, 3.63) is 12.2 Å². The molecule has 4 nitrogen and oxygen atoms in total. The molecular formula is C18H30N2O2. The van der Waals surface area contributed by atoms with E-state index < -0.39 is 0 Å². The standard InChI is InChI=1S/C18H30N2O2/c1-22-12-11-20-15-18(13-17(20)21)7-9-19(10-8-18)14-16-5-3-2-4-6-16/h2-3,16H,4-15H2,1H3/t16-/m1/s1. The Morgan fingerprint density at radius 2 is 2.14 bits per heavy atom. The van der Waals surface area contributed by atoms with Gasteiger partial charge in [0.2, 0.25) is 5.91 Å². The van der Waals surface area contributed by atoms with E-state index in [4.69, 9.17) is 4.74 Å². The quantitative estimate of drug-likeness (QED) is 0.731. The van der Waals surface area contributed by atoms with E-state index in [2.05, 4.69) is 17.1 Å². The molecule has 22 heavy (non-hydrogen) atoms. The first-order valence-electron chi connectivity index (χ1n) is 8.85. The van der Waals surface area contributed by atoms with Gasteiger partial charge in [-0.1, -0.05) is 12.2 Å². The minimum atomic E-state index is 0.258. The number of piperidine rings is 1. The number of hydrogen-bond donors (Lipinski definition) is 0. The summed E-state index contributed by atoms with van der Waals surface area (Å²) in [5.41, 5.74) is 0.258. The molecule has 2 fully saturated rings. The molecule has 0 N–H and O–H groups in total. The molecule has 4 heteroatoms. The summed E-state index contributed by atoms with van der Waals surface area (Å²) in [6, 6.07) is 0. The predicted octanol–water partition coefficient (Wildman–Crippen LogP) is 2.30. The Hall–Kier alpha value is -0.870. The number of hydrogen-bond acceptors (Lipinski definition) is 3. The zero-order chi connectivity index (χ0) is 15.4. The molecule has 0 aromatic carbocycles. The van der Waals surface area contributed by atoms with Gasteiger partial charge in [0, 0.05) is 33.2 Å². The minimum Gasteiger partial charge on any atom is -0.383 e. The summed E-state index contributed by atoms with van der Waals surface area (Å²) in [5, 5.41) is 0. The number of allylic oxidation sites excluding steroid dienone is 2. The van der Waals surface area contributed by atoms with Crippen molar-refractivity contribution in [2.24, 2.45) is 11.3 Å². The largest absolute Gasteiger partial charge is 0.383 e. The molecule has 0 radical (unpaired) electrons. The first-order chi connectivity index (χ1) is 10.7. The van der Waals surface area contributed by atoms with Gasteiger partial charge in [0.1, 0.15) is 0 Å². The lowest BCUT2D eigenvalue weighted by atomic mass is 9.77. The maximum atomic E-state index is 12.2. The number of nitrogens with zero attached hydrogens (tertiary/aromatic N) is 2. The second-order valence-corrected chi connectivity index (χ2v) is 7.44. The first-order valence-corrected chi connectivity index (χ1v) is 8.85. The Balaban J connectivity index is 1.47. The van der Waals surface area contributed by atoms with E-state index in [0.717, 1.165) is 25.4 Å². The number of ether oxygens (including phenoxy) is 1. The average Bonchev–Trinajstić information content (AvgIpc) is 2.85. The molecule has 2 aliphatic heterocycles. The highest BCUT2D eigenvalue weighted by Gasteiger charge is 2.44. The number of likely N-dealkylation sites (tertiary alicyclic amines) is 2. The van der Waals surface area contributed by atoms with Crippen LogP contribution in [0.5, 0.6) is 0 Å². The lowest BCUT2D eigenvalue weighted by Gasteiger charge is -2.40. The van der Waals surface area contributed by atoms with Crippen LogP contribution in [-0.4, -0.2) is 62.1 Å². The van der Waals surface area contributed by atoms with Gasteiger partial charge < -0.3 is 14.5 Å². The van der Waals surface area contributed by atoms with E-state index in [9.17, 15) is 4.79 Å². The van der Waals surface area contributed by atoms with Gasteiger partial charge in [0.15, 0.2) is 0 Å². The van der Waals surface area contributed by atoms with Crippen LogP contribution in [0.2, 0.25) is 0 Å². The minimum absolute atomic E-state index is 0.258. The van der Waals surface area contributed by atoms with Gasteiger partial charge in [-0.2, -0.15) is 0 Å². The molecule has 0 aromatic heterocycles. The number of carbonyl (C=O) groups excluding carboxylic acids is 1. The van der Waals surface area contributed by atoms with Crippen LogP contribution in [0.4, 0.5) is 0 Å². The summed E-state index contributed by atoms with van der Waals surface area (Å²) in [6.45, 7) is 5.96. The normalized spacial score (nSPS) is 28.7. The Morgan fingerprint density at radius 1 is 1.32 bits per heavy atom. The topological polar surface area (TPSA) is 32.8 Å². The smallest absolute Gasteiger partial charge is 0.223 e.